The van der Waals surface area contributed by atoms with Gasteiger partial charge in [-0.05, 0) is 33.8 Å². The van der Waals surface area contributed by atoms with Gasteiger partial charge in [-0.15, -0.1) is 12.6 Å². The summed E-state index contributed by atoms with van der Waals surface area (Å²) in [7, 11) is 0. The van der Waals surface area contributed by atoms with Gasteiger partial charge in [0.1, 0.15) is 11.4 Å². The van der Waals surface area contributed by atoms with E-state index in [1.165, 1.54) is 0 Å². The molecule has 0 spiro atoms. The number of aromatic nitrogens is 1. The van der Waals surface area contributed by atoms with E-state index in [1.807, 2.05) is 0 Å². The number of amides is 1. The van der Waals surface area contributed by atoms with E-state index >= 15 is 0 Å². The number of hydrogen-bond acceptors (Lipinski definition) is 4. The molecule has 1 heterocycles. The van der Waals surface area contributed by atoms with Crippen molar-refractivity contribution in [2.75, 3.05) is 5.32 Å². The SMILES string of the molecule is Cc1nc(NC(=O)OC(C)(C)C)cc(S)c1Cl.[NaH]. The van der Waals surface area contributed by atoms with Crippen LogP contribution in [0.5, 0.6) is 0 Å². The van der Waals surface area contributed by atoms with Crippen LogP contribution in [0, 0.1) is 6.92 Å². The Labute approximate surface area is 140 Å². The normalized spacial score (nSPS) is 10.6. The number of ether oxygens (including phenoxy) is 1. The van der Waals surface area contributed by atoms with Gasteiger partial charge in [0, 0.05) is 4.90 Å². The number of hydrogen-bond donors (Lipinski definition) is 2. The summed E-state index contributed by atoms with van der Waals surface area (Å²) >= 11 is 10.1. The second-order valence-electron chi connectivity index (χ2n) is 4.55. The minimum atomic E-state index is -0.556. The van der Waals surface area contributed by atoms with Crippen molar-refractivity contribution in [1.29, 1.82) is 0 Å². The van der Waals surface area contributed by atoms with Gasteiger partial charge >= 0.3 is 35.7 Å². The zero-order valence-electron chi connectivity index (χ0n) is 10.2. The van der Waals surface area contributed by atoms with E-state index in [1.54, 1.807) is 33.8 Å². The summed E-state index contributed by atoms with van der Waals surface area (Å²) in [6, 6.07) is 1.57. The van der Waals surface area contributed by atoms with Crippen molar-refractivity contribution in [3.05, 3.63) is 16.8 Å². The maximum absolute atomic E-state index is 11.5. The summed E-state index contributed by atoms with van der Waals surface area (Å²) in [5.41, 5.74) is 0.0558. The second kappa shape index (κ2) is 7.01. The summed E-state index contributed by atoms with van der Waals surface area (Å²) in [6.45, 7) is 7.10. The summed E-state index contributed by atoms with van der Waals surface area (Å²) in [5.74, 6) is 0.367. The van der Waals surface area contributed by atoms with E-state index in [-0.39, 0.29) is 29.6 Å². The van der Waals surface area contributed by atoms with Crippen molar-refractivity contribution >= 4 is 65.7 Å². The molecular weight excluding hydrogens is 283 g/mol. The molecule has 96 valence electrons. The summed E-state index contributed by atoms with van der Waals surface area (Å²) in [4.78, 5) is 16.2. The van der Waals surface area contributed by atoms with Crippen LogP contribution in [0.2, 0.25) is 5.02 Å². The van der Waals surface area contributed by atoms with Crippen LogP contribution < -0.4 is 5.32 Å². The first-order chi connectivity index (χ1) is 7.69. The minimum absolute atomic E-state index is 0. The first-order valence-electron chi connectivity index (χ1n) is 5.05. The van der Waals surface area contributed by atoms with Crippen LogP contribution in [0.25, 0.3) is 0 Å². The molecule has 0 aliphatic rings. The molecule has 0 unspecified atom stereocenters. The standard InChI is InChI=1S/C11H15ClN2O2S.Na.H/c1-6-9(12)7(17)5-8(13-6)14-10(15)16-11(2,3)4;;/h5H,1-4H3,(H2,13,14,15,17);;. The Balaban J connectivity index is 0.00000289. The molecule has 0 aliphatic heterocycles. The monoisotopic (exact) mass is 298 g/mol. The van der Waals surface area contributed by atoms with Crippen molar-refractivity contribution < 1.29 is 9.53 Å². The third-order valence-corrected chi connectivity index (χ3v) is 2.69. The molecule has 0 bridgehead atoms. The van der Waals surface area contributed by atoms with Crippen LogP contribution in [0.15, 0.2) is 11.0 Å². The third kappa shape index (κ3) is 5.80. The Hall–Kier alpha value is 0.0600. The molecule has 0 saturated carbocycles. The zero-order chi connectivity index (χ0) is 13.2. The van der Waals surface area contributed by atoms with Gasteiger partial charge in [-0.25, -0.2) is 9.78 Å². The first kappa shape index (κ1) is 18.1. The third-order valence-electron chi connectivity index (χ3n) is 1.73. The molecule has 0 atom stereocenters. The molecule has 4 nitrogen and oxygen atoms in total. The number of anilines is 1. The quantitative estimate of drug-likeness (QED) is 0.619. The van der Waals surface area contributed by atoms with Gasteiger partial charge in [0.2, 0.25) is 0 Å². The molecular formula is C11H16ClN2NaO2S. The number of pyridine rings is 1. The predicted molar refractivity (Wildman–Crippen MR) is 78.2 cm³/mol. The van der Waals surface area contributed by atoms with E-state index < -0.39 is 11.7 Å². The maximum atomic E-state index is 11.5. The average molecular weight is 299 g/mol. The van der Waals surface area contributed by atoms with E-state index in [0.29, 0.717) is 21.4 Å². The zero-order valence-corrected chi connectivity index (χ0v) is 11.8. The van der Waals surface area contributed by atoms with Gasteiger partial charge in [0.15, 0.2) is 0 Å². The van der Waals surface area contributed by atoms with Crippen molar-refractivity contribution in [3.8, 4) is 0 Å². The molecule has 0 saturated heterocycles. The Morgan fingerprint density at radius 2 is 2.06 bits per heavy atom. The number of halogens is 1. The van der Waals surface area contributed by atoms with Gasteiger partial charge < -0.3 is 4.74 Å². The Bertz CT molecular complexity index is 426. The molecule has 0 aromatic carbocycles. The summed E-state index contributed by atoms with van der Waals surface area (Å²) in [6.07, 6.45) is -0.556. The Morgan fingerprint density at radius 3 is 2.50 bits per heavy atom. The van der Waals surface area contributed by atoms with E-state index in [2.05, 4.69) is 22.9 Å². The molecule has 1 amide bonds. The van der Waals surface area contributed by atoms with Crippen molar-refractivity contribution in [1.82, 2.24) is 4.98 Å². The fraction of sp³-hybridized carbons (Fsp3) is 0.455. The van der Waals surface area contributed by atoms with Crippen LogP contribution >= 0.6 is 24.2 Å². The Morgan fingerprint density at radius 1 is 1.50 bits per heavy atom. The van der Waals surface area contributed by atoms with Gasteiger partial charge in [-0.1, -0.05) is 11.6 Å². The topological polar surface area (TPSA) is 51.2 Å². The number of carbonyl (C=O) groups excluding carboxylic acids is 1. The number of nitrogens with zero attached hydrogens (tertiary/aromatic N) is 1. The number of thiol groups is 1. The molecule has 1 aromatic heterocycles. The van der Waals surface area contributed by atoms with Gasteiger partial charge in [-0.3, -0.25) is 5.32 Å². The second-order valence-corrected chi connectivity index (χ2v) is 5.41. The number of carbonyl (C=O) groups is 1. The van der Waals surface area contributed by atoms with Crippen LogP contribution in [0.1, 0.15) is 26.5 Å². The predicted octanol–water partition coefficient (Wildman–Crippen LogP) is 3.03. The molecule has 0 radical (unpaired) electrons. The average Bonchev–Trinajstić information content (AvgIpc) is 2.10. The van der Waals surface area contributed by atoms with Crippen LogP contribution in [0.3, 0.4) is 0 Å². The molecule has 0 aliphatic carbocycles. The van der Waals surface area contributed by atoms with Crippen LogP contribution in [-0.2, 0) is 4.74 Å². The van der Waals surface area contributed by atoms with Crippen LogP contribution in [0.4, 0.5) is 10.6 Å². The molecule has 18 heavy (non-hydrogen) atoms. The molecule has 0 fully saturated rings. The van der Waals surface area contributed by atoms with E-state index in [4.69, 9.17) is 16.3 Å². The fourth-order valence-electron chi connectivity index (χ4n) is 1.11. The number of rotatable bonds is 1. The molecule has 1 aromatic rings. The van der Waals surface area contributed by atoms with Crippen molar-refractivity contribution in [2.24, 2.45) is 0 Å². The summed E-state index contributed by atoms with van der Waals surface area (Å²) < 4.78 is 5.10. The Kier molecular flexibility index (Phi) is 7.03. The molecule has 1 N–H and O–H groups in total. The van der Waals surface area contributed by atoms with E-state index in [9.17, 15) is 4.79 Å². The van der Waals surface area contributed by atoms with Crippen molar-refractivity contribution in [3.63, 3.8) is 0 Å². The van der Waals surface area contributed by atoms with E-state index in [0.717, 1.165) is 0 Å². The summed E-state index contributed by atoms with van der Waals surface area (Å²) in [5, 5.41) is 3.00. The number of aryl methyl sites for hydroxylation is 1. The first-order valence-corrected chi connectivity index (χ1v) is 5.87. The molecule has 1 rings (SSSR count). The molecule has 7 heteroatoms. The van der Waals surface area contributed by atoms with Gasteiger partial charge in [0.05, 0.1) is 10.7 Å². The van der Waals surface area contributed by atoms with Crippen molar-refractivity contribution in [2.45, 2.75) is 38.2 Å². The van der Waals surface area contributed by atoms with Gasteiger partial charge in [-0.2, -0.15) is 0 Å². The van der Waals surface area contributed by atoms with Crippen LogP contribution in [-0.4, -0.2) is 46.2 Å². The number of nitrogens with one attached hydrogen (secondary N) is 1. The van der Waals surface area contributed by atoms with Gasteiger partial charge in [0.25, 0.3) is 0 Å². The fourth-order valence-corrected chi connectivity index (χ4v) is 1.49.